The molecule has 1 saturated heterocycles. The van der Waals surface area contributed by atoms with Crippen LogP contribution in [0.1, 0.15) is 11.1 Å². The van der Waals surface area contributed by atoms with Crippen LogP contribution in [-0.4, -0.2) is 35.2 Å². The number of amides is 1. The molecule has 1 aromatic carbocycles. The first-order valence-electron chi connectivity index (χ1n) is 6.29. The predicted octanol–water partition coefficient (Wildman–Crippen LogP) is 1.82. The van der Waals surface area contributed by atoms with Gasteiger partial charge in [0.25, 0.3) is 5.91 Å². The summed E-state index contributed by atoms with van der Waals surface area (Å²) in [4.78, 5) is 13.3. The van der Waals surface area contributed by atoms with E-state index in [4.69, 9.17) is 17.0 Å². The van der Waals surface area contributed by atoms with Gasteiger partial charge in [-0.1, -0.05) is 6.08 Å². The lowest BCUT2D eigenvalue weighted by Crippen LogP contribution is -2.25. The number of phenols is 1. The summed E-state index contributed by atoms with van der Waals surface area (Å²) >= 11 is 5.02. The lowest BCUT2D eigenvalue weighted by molar-refractivity contribution is -0.121. The van der Waals surface area contributed by atoms with Crippen LogP contribution >= 0.6 is 12.2 Å². The number of nitrogens with zero attached hydrogens (tertiary/aromatic N) is 1. The number of allylic oxidation sites excluding steroid dienone is 1. The molecule has 0 atom stereocenters. The first kappa shape index (κ1) is 15.1. The second-order valence-electron chi connectivity index (χ2n) is 4.58. The number of likely N-dealkylation sites (N-methyl/N-ethyl adjacent to an activating group) is 1. The maximum atomic E-state index is 12.0. The Bertz CT molecular complexity index is 653. The number of nitrogens with one attached hydrogen (secondary N) is 1. The Hall–Kier alpha value is -2.34. The summed E-state index contributed by atoms with van der Waals surface area (Å²) in [5.41, 5.74) is 1.80. The van der Waals surface area contributed by atoms with E-state index < -0.39 is 0 Å². The van der Waals surface area contributed by atoms with Crippen LogP contribution in [0.5, 0.6) is 11.5 Å². The topological polar surface area (TPSA) is 61.8 Å². The molecule has 1 aliphatic rings. The minimum atomic E-state index is -0.197. The second-order valence-corrected chi connectivity index (χ2v) is 4.96. The maximum Gasteiger partial charge on any atom is 0.276 e. The number of phenolic OH excluding ortho intramolecular Hbond substituents is 1. The van der Waals surface area contributed by atoms with Crippen LogP contribution in [0.15, 0.2) is 30.5 Å². The van der Waals surface area contributed by atoms with Gasteiger partial charge in [-0.3, -0.25) is 9.69 Å². The van der Waals surface area contributed by atoms with Gasteiger partial charge in [-0.15, -0.1) is 6.58 Å². The highest BCUT2D eigenvalue weighted by atomic mass is 32.1. The second kappa shape index (κ2) is 5.97. The Labute approximate surface area is 128 Å². The number of aromatic hydroxyl groups is 1. The summed E-state index contributed by atoms with van der Waals surface area (Å²) < 4.78 is 5.15. The van der Waals surface area contributed by atoms with Crippen molar-refractivity contribution in [3.63, 3.8) is 0 Å². The first-order valence-corrected chi connectivity index (χ1v) is 6.70. The average molecular weight is 304 g/mol. The van der Waals surface area contributed by atoms with E-state index in [1.54, 1.807) is 31.3 Å². The molecular weight excluding hydrogens is 288 g/mol. The van der Waals surface area contributed by atoms with Crippen molar-refractivity contribution < 1.29 is 14.6 Å². The molecule has 0 spiro atoms. The van der Waals surface area contributed by atoms with Crippen molar-refractivity contribution in [3.8, 4) is 11.5 Å². The van der Waals surface area contributed by atoms with Crippen LogP contribution in [-0.2, 0) is 11.2 Å². The molecule has 1 heterocycles. The lowest BCUT2D eigenvalue weighted by atomic mass is 10.0. The third kappa shape index (κ3) is 2.90. The molecule has 1 aliphatic heterocycles. The predicted molar refractivity (Wildman–Crippen MR) is 85.0 cm³/mol. The van der Waals surface area contributed by atoms with Gasteiger partial charge in [0.15, 0.2) is 16.6 Å². The molecule has 2 N–H and O–H groups in total. The van der Waals surface area contributed by atoms with Gasteiger partial charge in [0.05, 0.1) is 7.11 Å². The first-order chi connectivity index (χ1) is 9.97. The largest absolute Gasteiger partial charge is 0.504 e. The minimum Gasteiger partial charge on any atom is -0.504 e. The van der Waals surface area contributed by atoms with Gasteiger partial charge >= 0.3 is 0 Å². The highest BCUT2D eigenvalue weighted by molar-refractivity contribution is 7.80. The summed E-state index contributed by atoms with van der Waals surface area (Å²) in [5.74, 6) is 0.234. The summed E-state index contributed by atoms with van der Waals surface area (Å²) in [6.07, 6.45) is 3.86. The Balaban J connectivity index is 2.45. The molecule has 21 heavy (non-hydrogen) atoms. The summed E-state index contributed by atoms with van der Waals surface area (Å²) in [7, 11) is 3.09. The van der Waals surface area contributed by atoms with E-state index in [2.05, 4.69) is 11.9 Å². The highest BCUT2D eigenvalue weighted by Gasteiger charge is 2.27. The van der Waals surface area contributed by atoms with E-state index >= 15 is 0 Å². The van der Waals surface area contributed by atoms with Gasteiger partial charge in [0, 0.05) is 12.6 Å². The molecule has 6 heteroatoms. The van der Waals surface area contributed by atoms with Crippen molar-refractivity contribution >= 4 is 29.3 Å². The van der Waals surface area contributed by atoms with Crippen LogP contribution in [0.25, 0.3) is 6.08 Å². The molecule has 1 amide bonds. The number of carbonyl (C=O) groups is 1. The van der Waals surface area contributed by atoms with Crippen molar-refractivity contribution in [1.29, 1.82) is 0 Å². The quantitative estimate of drug-likeness (QED) is 0.505. The molecular formula is C15H16N2O3S. The fourth-order valence-corrected chi connectivity index (χ4v) is 2.22. The van der Waals surface area contributed by atoms with E-state index in [0.29, 0.717) is 28.5 Å². The molecule has 0 aromatic heterocycles. The number of rotatable bonds is 4. The van der Waals surface area contributed by atoms with Gasteiger partial charge < -0.3 is 15.2 Å². The minimum absolute atomic E-state index is 0.0814. The van der Waals surface area contributed by atoms with Gasteiger partial charge in [0.1, 0.15) is 5.70 Å². The van der Waals surface area contributed by atoms with E-state index in [9.17, 15) is 9.90 Å². The molecule has 1 aromatic rings. The van der Waals surface area contributed by atoms with Gasteiger partial charge in [0.2, 0.25) is 0 Å². The molecule has 1 fully saturated rings. The van der Waals surface area contributed by atoms with Crippen molar-refractivity contribution in [2.75, 3.05) is 14.2 Å². The number of ether oxygens (including phenoxy) is 1. The Morgan fingerprint density at radius 3 is 2.76 bits per heavy atom. The summed E-state index contributed by atoms with van der Waals surface area (Å²) in [6.45, 7) is 3.66. The zero-order chi connectivity index (χ0) is 15.6. The number of thiocarbonyl (C=S) groups is 1. The van der Waals surface area contributed by atoms with Crippen LogP contribution in [0.2, 0.25) is 0 Å². The molecule has 0 unspecified atom stereocenters. The molecule has 0 radical (unpaired) electrons. The van der Waals surface area contributed by atoms with Crippen molar-refractivity contribution in [3.05, 3.63) is 41.6 Å². The lowest BCUT2D eigenvalue weighted by Gasteiger charge is -2.09. The standard InChI is InChI=1S/C15H16N2O3S/c1-4-5-10-6-9(8-12(20-3)13(10)18)7-11-14(19)17(2)15(21)16-11/h4,6-8,18H,1,5H2,2-3H3,(H,16,21). The maximum absolute atomic E-state index is 12.0. The Kier molecular flexibility index (Phi) is 4.28. The van der Waals surface area contributed by atoms with Gasteiger partial charge in [-0.05, 0) is 42.4 Å². The number of hydrogen-bond donors (Lipinski definition) is 2. The van der Waals surface area contributed by atoms with E-state index in [-0.39, 0.29) is 11.7 Å². The third-order valence-corrected chi connectivity index (χ3v) is 3.53. The zero-order valence-electron chi connectivity index (χ0n) is 11.8. The van der Waals surface area contributed by atoms with Crippen LogP contribution < -0.4 is 10.1 Å². The average Bonchev–Trinajstić information content (AvgIpc) is 2.70. The summed E-state index contributed by atoms with van der Waals surface area (Å²) in [5, 5.41) is 13.3. The van der Waals surface area contributed by atoms with E-state index in [0.717, 1.165) is 5.56 Å². The fourth-order valence-electron chi connectivity index (χ4n) is 2.03. The fraction of sp³-hybridized carbons (Fsp3) is 0.200. The van der Waals surface area contributed by atoms with Gasteiger partial charge in [-0.25, -0.2) is 0 Å². The SMILES string of the molecule is C=CCc1cc(C=C2NC(=S)N(C)C2=O)cc(OC)c1O. The van der Waals surface area contributed by atoms with E-state index in [1.165, 1.54) is 12.0 Å². The van der Waals surface area contributed by atoms with Crippen molar-refractivity contribution in [2.24, 2.45) is 0 Å². The highest BCUT2D eigenvalue weighted by Crippen LogP contribution is 2.32. The smallest absolute Gasteiger partial charge is 0.276 e. The normalized spacial score (nSPS) is 16.3. The van der Waals surface area contributed by atoms with E-state index in [1.807, 2.05) is 0 Å². The number of methoxy groups -OCH3 is 1. The number of hydrogen-bond acceptors (Lipinski definition) is 4. The molecule has 5 nitrogen and oxygen atoms in total. The van der Waals surface area contributed by atoms with Crippen molar-refractivity contribution in [2.45, 2.75) is 6.42 Å². The molecule has 110 valence electrons. The van der Waals surface area contributed by atoms with Crippen molar-refractivity contribution in [1.82, 2.24) is 10.2 Å². The van der Waals surface area contributed by atoms with Crippen LogP contribution in [0.3, 0.4) is 0 Å². The Morgan fingerprint density at radius 1 is 1.52 bits per heavy atom. The molecule has 0 aliphatic carbocycles. The third-order valence-electron chi connectivity index (χ3n) is 3.15. The summed E-state index contributed by atoms with van der Waals surface area (Å²) in [6, 6.07) is 3.44. The molecule has 0 saturated carbocycles. The number of carbonyl (C=O) groups excluding carboxylic acids is 1. The van der Waals surface area contributed by atoms with Crippen LogP contribution in [0.4, 0.5) is 0 Å². The zero-order valence-corrected chi connectivity index (χ0v) is 12.7. The Morgan fingerprint density at radius 2 is 2.24 bits per heavy atom. The monoisotopic (exact) mass is 304 g/mol. The van der Waals surface area contributed by atoms with Crippen LogP contribution in [0, 0.1) is 0 Å². The van der Waals surface area contributed by atoms with Gasteiger partial charge in [-0.2, -0.15) is 0 Å². The molecule has 2 rings (SSSR count). The molecule has 0 bridgehead atoms. The number of benzene rings is 1.